The van der Waals surface area contributed by atoms with Crippen LogP contribution in [0.5, 0.6) is 0 Å². The predicted octanol–water partition coefficient (Wildman–Crippen LogP) is 5.17. The molecule has 332 valence electrons. The lowest BCUT2D eigenvalue weighted by molar-refractivity contribution is -0.148. The molecule has 1 aromatic heterocycles. The van der Waals surface area contributed by atoms with Crippen LogP contribution < -0.4 is 16.0 Å². The largest absolute Gasteiger partial charge is 0.379 e. The molecule has 13 nitrogen and oxygen atoms in total. The number of likely N-dealkylation sites (tertiary alicyclic amines) is 1. The predicted molar refractivity (Wildman–Crippen MR) is 236 cm³/mol. The fraction of sp³-hybridized carbons (Fsp3) is 0.711. The zero-order valence-electron chi connectivity index (χ0n) is 37.9. The standard InChI is InChI=1S/C45H75N7O6S/c1-13-31(6)40(51(10)45(56)38(29(2)3)49-43(55)39(30(4)5)50(9)24-18-22-46-8)36(57-11)28-37(53)52-25-17-21-35(52)41(58-12)32(7)42(54)48-34(44-47-23-26-59-44)27-33-19-15-14-16-20-33/h14-16,19-20,23,26,29-32,34-36,38-41,46H,13,17-18,21-22,24-25,27-28H2,1-12H3,(H,48,54)(H,49,55)/t31-,32+,34-,35?,36+,38?,39?,40-,41+/m0/s1. The number of likely N-dealkylation sites (N-methyl/N-ethyl adjacent to an activating group) is 2. The molecule has 0 radical (unpaired) electrons. The van der Waals surface area contributed by atoms with Gasteiger partial charge in [-0.05, 0) is 76.2 Å². The summed E-state index contributed by atoms with van der Waals surface area (Å²) in [7, 11) is 8.82. The summed E-state index contributed by atoms with van der Waals surface area (Å²) in [4.78, 5) is 66.8. The van der Waals surface area contributed by atoms with Crippen LogP contribution in [-0.2, 0) is 35.1 Å². The number of ether oxygens (including phenoxy) is 2. The number of hydrogen-bond acceptors (Lipinski definition) is 10. The van der Waals surface area contributed by atoms with Crippen LogP contribution in [-0.4, -0.2) is 135 Å². The summed E-state index contributed by atoms with van der Waals surface area (Å²) >= 11 is 1.51. The molecular formula is C45H75N7O6S. The molecule has 2 aromatic rings. The molecule has 4 amide bonds. The van der Waals surface area contributed by atoms with Gasteiger partial charge in [-0.15, -0.1) is 11.3 Å². The van der Waals surface area contributed by atoms with Gasteiger partial charge in [0.15, 0.2) is 0 Å². The average molecular weight is 842 g/mol. The zero-order chi connectivity index (χ0) is 43.8. The first-order valence-corrected chi connectivity index (χ1v) is 22.5. The number of carbonyl (C=O) groups excluding carboxylic acids is 4. The van der Waals surface area contributed by atoms with Crippen molar-refractivity contribution in [3.63, 3.8) is 0 Å². The lowest BCUT2D eigenvalue weighted by Gasteiger charge is -2.41. The van der Waals surface area contributed by atoms with Crippen molar-refractivity contribution >= 4 is 35.0 Å². The van der Waals surface area contributed by atoms with Crippen LogP contribution in [0.2, 0.25) is 0 Å². The maximum Gasteiger partial charge on any atom is 0.245 e. The lowest BCUT2D eigenvalue weighted by Crippen LogP contribution is -2.60. The maximum atomic E-state index is 14.5. The topological polar surface area (TPSA) is 145 Å². The van der Waals surface area contributed by atoms with Crippen LogP contribution in [0.4, 0.5) is 0 Å². The Kier molecular flexibility index (Phi) is 20.9. The summed E-state index contributed by atoms with van der Waals surface area (Å²) in [5.41, 5.74) is 1.09. The number of aromatic nitrogens is 1. The van der Waals surface area contributed by atoms with Crippen LogP contribution in [0.15, 0.2) is 41.9 Å². The smallest absolute Gasteiger partial charge is 0.245 e. The fourth-order valence-electron chi connectivity index (χ4n) is 8.69. The van der Waals surface area contributed by atoms with E-state index in [1.807, 2.05) is 89.3 Å². The first kappa shape index (κ1) is 49.9. The minimum atomic E-state index is -0.764. The molecule has 0 spiro atoms. The second kappa shape index (κ2) is 24.7. The van der Waals surface area contributed by atoms with Gasteiger partial charge in [0.25, 0.3) is 0 Å². The quantitative estimate of drug-likeness (QED) is 0.115. The molecule has 1 aromatic carbocycles. The van der Waals surface area contributed by atoms with Crippen molar-refractivity contribution in [2.75, 3.05) is 55.0 Å². The van der Waals surface area contributed by atoms with Crippen LogP contribution >= 0.6 is 11.3 Å². The van der Waals surface area contributed by atoms with E-state index in [0.29, 0.717) is 19.4 Å². The van der Waals surface area contributed by atoms with E-state index in [9.17, 15) is 19.2 Å². The van der Waals surface area contributed by atoms with Gasteiger partial charge in [-0.25, -0.2) is 4.98 Å². The molecule has 3 unspecified atom stereocenters. The second-order valence-electron chi connectivity index (χ2n) is 17.1. The highest BCUT2D eigenvalue weighted by Gasteiger charge is 2.43. The third-order valence-electron chi connectivity index (χ3n) is 12.2. The molecular weight excluding hydrogens is 767 g/mol. The number of amides is 4. The Morgan fingerprint density at radius 3 is 2.22 bits per heavy atom. The second-order valence-corrected chi connectivity index (χ2v) is 18.0. The van der Waals surface area contributed by atoms with Gasteiger partial charge < -0.3 is 35.2 Å². The normalized spacial score (nSPS) is 18.6. The number of nitrogens with zero attached hydrogens (tertiary/aromatic N) is 4. The van der Waals surface area contributed by atoms with Gasteiger partial charge in [0, 0.05) is 39.4 Å². The number of carbonyl (C=O) groups is 4. The average Bonchev–Trinajstić information content (AvgIpc) is 3.93. The highest BCUT2D eigenvalue weighted by atomic mass is 32.1. The zero-order valence-corrected chi connectivity index (χ0v) is 38.7. The number of rotatable bonds is 25. The third kappa shape index (κ3) is 13.8. The van der Waals surface area contributed by atoms with Crippen molar-refractivity contribution in [3.05, 3.63) is 52.5 Å². The van der Waals surface area contributed by atoms with Gasteiger partial charge in [-0.2, -0.15) is 0 Å². The van der Waals surface area contributed by atoms with E-state index < -0.39 is 36.3 Å². The van der Waals surface area contributed by atoms with Gasteiger partial charge in [0.05, 0.1) is 48.7 Å². The molecule has 1 aliphatic rings. The summed E-state index contributed by atoms with van der Waals surface area (Å²) in [5.74, 6) is -1.37. The van der Waals surface area contributed by atoms with E-state index in [4.69, 9.17) is 9.47 Å². The Morgan fingerprint density at radius 2 is 1.66 bits per heavy atom. The van der Waals surface area contributed by atoms with Crippen LogP contribution in [0.1, 0.15) is 97.2 Å². The highest BCUT2D eigenvalue weighted by Crippen LogP contribution is 2.30. The third-order valence-corrected chi connectivity index (χ3v) is 13.0. The van der Waals surface area contributed by atoms with E-state index in [0.717, 1.165) is 42.9 Å². The minimum Gasteiger partial charge on any atom is -0.379 e. The Hall–Kier alpha value is -3.43. The van der Waals surface area contributed by atoms with Crippen molar-refractivity contribution in [2.24, 2.45) is 23.7 Å². The Morgan fingerprint density at radius 1 is 0.966 bits per heavy atom. The number of methoxy groups -OCH3 is 2. The van der Waals surface area contributed by atoms with Crippen molar-refractivity contribution in [1.29, 1.82) is 0 Å². The summed E-state index contributed by atoms with van der Waals surface area (Å²) in [6, 6.07) is 7.80. The maximum absolute atomic E-state index is 14.5. The molecule has 3 rings (SSSR count). The van der Waals surface area contributed by atoms with Crippen molar-refractivity contribution < 1.29 is 28.7 Å². The minimum absolute atomic E-state index is 0.0154. The summed E-state index contributed by atoms with van der Waals surface area (Å²) in [5, 5.41) is 12.3. The number of nitrogens with one attached hydrogen (secondary N) is 3. The molecule has 14 heteroatoms. The van der Waals surface area contributed by atoms with Gasteiger partial charge in [0.2, 0.25) is 23.6 Å². The first-order valence-electron chi connectivity index (χ1n) is 21.6. The molecule has 2 heterocycles. The highest BCUT2D eigenvalue weighted by molar-refractivity contribution is 7.09. The molecule has 0 bridgehead atoms. The lowest BCUT2D eigenvalue weighted by atomic mass is 9.89. The molecule has 1 aliphatic heterocycles. The molecule has 1 fully saturated rings. The molecule has 0 aliphatic carbocycles. The molecule has 59 heavy (non-hydrogen) atoms. The van der Waals surface area contributed by atoms with Gasteiger partial charge >= 0.3 is 0 Å². The van der Waals surface area contributed by atoms with Gasteiger partial charge in [0.1, 0.15) is 11.0 Å². The Balaban J connectivity index is 1.78. The van der Waals surface area contributed by atoms with E-state index >= 15 is 0 Å². The van der Waals surface area contributed by atoms with Crippen LogP contribution in [0, 0.1) is 23.7 Å². The SMILES string of the molecule is CC[C@H](C)[C@@H]([C@@H](CC(=O)N1CCCC1[C@H](OC)[C@@H](C)C(=O)N[C@@H](Cc1ccccc1)c1nccs1)OC)N(C)C(=O)C(NC(=O)C(C(C)C)N(C)CCCNC)C(C)C. The molecule has 3 N–H and O–H groups in total. The van der Waals surface area contributed by atoms with Gasteiger partial charge in [-0.3, -0.25) is 24.1 Å². The fourth-order valence-corrected chi connectivity index (χ4v) is 9.38. The molecule has 0 saturated carbocycles. The van der Waals surface area contributed by atoms with E-state index in [1.54, 1.807) is 32.4 Å². The molecule has 1 saturated heterocycles. The van der Waals surface area contributed by atoms with Crippen LogP contribution in [0.25, 0.3) is 0 Å². The van der Waals surface area contributed by atoms with E-state index in [-0.39, 0.29) is 59.9 Å². The van der Waals surface area contributed by atoms with E-state index in [1.165, 1.54) is 11.3 Å². The number of thiazole rings is 1. The van der Waals surface area contributed by atoms with Crippen molar-refractivity contribution in [1.82, 2.24) is 35.6 Å². The number of benzene rings is 1. The van der Waals surface area contributed by atoms with Crippen molar-refractivity contribution in [2.45, 2.75) is 129 Å². The molecule has 9 atom stereocenters. The summed E-state index contributed by atoms with van der Waals surface area (Å²) in [6.45, 7) is 16.1. The van der Waals surface area contributed by atoms with Gasteiger partial charge in [-0.1, -0.05) is 85.2 Å². The Bertz CT molecular complexity index is 1560. The summed E-state index contributed by atoms with van der Waals surface area (Å²) in [6.07, 6.45) is 4.36. The number of hydrogen-bond donors (Lipinski definition) is 3. The Labute approximate surface area is 358 Å². The summed E-state index contributed by atoms with van der Waals surface area (Å²) < 4.78 is 12.2. The van der Waals surface area contributed by atoms with E-state index in [2.05, 4.69) is 39.7 Å². The van der Waals surface area contributed by atoms with Crippen molar-refractivity contribution in [3.8, 4) is 0 Å². The van der Waals surface area contributed by atoms with Crippen LogP contribution in [0.3, 0.4) is 0 Å². The first-order chi connectivity index (χ1) is 28.1. The monoisotopic (exact) mass is 842 g/mol.